The van der Waals surface area contributed by atoms with Crippen LogP contribution < -0.4 is 15.2 Å². The van der Waals surface area contributed by atoms with Gasteiger partial charge < -0.3 is 5.73 Å². The lowest BCUT2D eigenvalue weighted by atomic mass is 9.96. The lowest BCUT2D eigenvalue weighted by Gasteiger charge is -2.22. The Balaban J connectivity index is 2.04. The maximum Gasteiger partial charge on any atom is 0.262 e. The normalized spacial score (nSPS) is 12.4. The van der Waals surface area contributed by atoms with Gasteiger partial charge in [-0.05, 0) is 103 Å². The Morgan fingerprint density at radius 2 is 1.56 bits per heavy atom. The zero-order valence-corrected chi connectivity index (χ0v) is 24.1. The fraction of sp³-hybridized carbons (Fsp3) is 0.217. The minimum absolute atomic E-state index is 0.0972. The molecule has 0 saturated carbocycles. The van der Waals surface area contributed by atoms with Crippen LogP contribution in [0, 0.1) is 12.7 Å². The van der Waals surface area contributed by atoms with E-state index in [9.17, 15) is 21.2 Å². The molecule has 0 aliphatic carbocycles. The zero-order valence-electron chi connectivity index (χ0n) is 19.4. The number of nitrogens with two attached hydrogens (primary N) is 1. The highest BCUT2D eigenvalue weighted by Crippen LogP contribution is 2.30. The van der Waals surface area contributed by atoms with Crippen LogP contribution in [0.2, 0.25) is 10.0 Å². The molecule has 0 amide bonds. The highest BCUT2D eigenvalue weighted by Gasteiger charge is 2.25. The summed E-state index contributed by atoms with van der Waals surface area (Å²) in [7, 11) is -8.24. The maximum absolute atomic E-state index is 13.8. The Hall–Kier alpha value is -1.89. The van der Waals surface area contributed by atoms with E-state index in [2.05, 4.69) is 25.4 Å². The molecule has 3 rings (SSSR count). The van der Waals surface area contributed by atoms with Crippen molar-refractivity contribution in [3.63, 3.8) is 0 Å². The van der Waals surface area contributed by atoms with E-state index in [0.29, 0.717) is 5.56 Å². The first-order valence-corrected chi connectivity index (χ1v) is 14.9. The molecular formula is C23H23BrCl2FN3O4S2. The molecular weight excluding hydrogens is 616 g/mol. The van der Waals surface area contributed by atoms with E-state index >= 15 is 0 Å². The van der Waals surface area contributed by atoms with Gasteiger partial charge in [0.2, 0.25) is 0 Å². The van der Waals surface area contributed by atoms with Crippen LogP contribution in [0.4, 0.5) is 15.8 Å². The van der Waals surface area contributed by atoms with Gasteiger partial charge in [-0.2, -0.15) is 0 Å². The van der Waals surface area contributed by atoms with E-state index in [0.717, 1.165) is 0 Å². The molecule has 0 atom stereocenters. The molecule has 7 nitrogen and oxygen atoms in total. The van der Waals surface area contributed by atoms with E-state index in [1.807, 2.05) is 0 Å². The molecule has 0 unspecified atom stereocenters. The molecule has 0 heterocycles. The van der Waals surface area contributed by atoms with Gasteiger partial charge in [0, 0.05) is 21.3 Å². The second kappa shape index (κ2) is 10.5. The second-order valence-corrected chi connectivity index (χ2v) is 13.9. The summed E-state index contributed by atoms with van der Waals surface area (Å²) in [6.45, 7) is 4.99. The minimum Gasteiger partial charge on any atom is -0.325 e. The predicted molar refractivity (Wildman–Crippen MR) is 145 cm³/mol. The van der Waals surface area contributed by atoms with Crippen LogP contribution in [0.25, 0.3) is 0 Å². The smallest absolute Gasteiger partial charge is 0.262 e. The number of sulfonamides is 2. The van der Waals surface area contributed by atoms with Crippen LogP contribution in [0.15, 0.2) is 62.8 Å². The first-order chi connectivity index (χ1) is 16.5. The molecule has 13 heteroatoms. The quantitative estimate of drug-likeness (QED) is 0.276. The van der Waals surface area contributed by atoms with Crippen LogP contribution in [0.5, 0.6) is 0 Å². The van der Waals surface area contributed by atoms with E-state index in [1.165, 1.54) is 48.5 Å². The average Bonchev–Trinajstić information content (AvgIpc) is 2.69. The molecule has 3 aromatic rings. The Bertz CT molecular complexity index is 1520. The van der Waals surface area contributed by atoms with Crippen molar-refractivity contribution >= 4 is 70.6 Å². The molecule has 0 bridgehead atoms. The van der Waals surface area contributed by atoms with Gasteiger partial charge in [0.05, 0.1) is 20.0 Å². The summed E-state index contributed by atoms with van der Waals surface area (Å²) in [6.07, 6.45) is 0.105. The molecule has 0 radical (unpaired) electrons. The lowest BCUT2D eigenvalue weighted by molar-refractivity contribution is 0.511. The summed E-state index contributed by atoms with van der Waals surface area (Å²) in [5.74, 6) is -0.529. The van der Waals surface area contributed by atoms with E-state index in [-0.39, 0.29) is 47.7 Å². The maximum atomic E-state index is 13.8. The third-order valence-electron chi connectivity index (χ3n) is 4.91. The summed E-state index contributed by atoms with van der Waals surface area (Å²) in [5.41, 5.74) is 6.30. The molecule has 0 aliphatic rings. The third kappa shape index (κ3) is 7.11. The highest BCUT2D eigenvalue weighted by molar-refractivity contribution is 9.10. The molecule has 0 aromatic heterocycles. The van der Waals surface area contributed by atoms with Gasteiger partial charge in [-0.1, -0.05) is 23.2 Å². The Labute approximate surface area is 228 Å². The number of benzene rings is 3. The van der Waals surface area contributed by atoms with E-state index < -0.39 is 31.4 Å². The van der Waals surface area contributed by atoms with Crippen molar-refractivity contribution in [3.05, 3.63) is 80.0 Å². The summed E-state index contributed by atoms with van der Waals surface area (Å²) >= 11 is 14.9. The number of rotatable bonds is 8. The molecule has 0 saturated heterocycles. The van der Waals surface area contributed by atoms with Crippen LogP contribution in [0.3, 0.4) is 0 Å². The van der Waals surface area contributed by atoms with Crippen molar-refractivity contribution in [1.82, 2.24) is 0 Å². The molecule has 194 valence electrons. The van der Waals surface area contributed by atoms with Gasteiger partial charge in [-0.3, -0.25) is 9.44 Å². The van der Waals surface area contributed by atoms with Crippen LogP contribution >= 0.6 is 39.1 Å². The summed E-state index contributed by atoms with van der Waals surface area (Å²) in [5, 5.41) is 0.285. The topological polar surface area (TPSA) is 118 Å². The van der Waals surface area contributed by atoms with Gasteiger partial charge in [0.25, 0.3) is 20.0 Å². The van der Waals surface area contributed by atoms with Crippen LogP contribution in [-0.2, 0) is 26.5 Å². The summed E-state index contributed by atoms with van der Waals surface area (Å²) in [6, 6.07) is 10.4. The molecule has 4 N–H and O–H groups in total. The van der Waals surface area contributed by atoms with Crippen molar-refractivity contribution < 1.29 is 21.2 Å². The van der Waals surface area contributed by atoms with Gasteiger partial charge >= 0.3 is 0 Å². The number of hydrogen-bond acceptors (Lipinski definition) is 5. The molecule has 3 aromatic carbocycles. The SMILES string of the molecule is Cc1cc(F)c(Br)cc1NS(=O)(=O)c1ccc(NS(=O)(=O)c2cc(Cl)cc(Cl)c2)cc1CC(C)(C)N. The monoisotopic (exact) mass is 637 g/mol. The number of anilines is 2. The lowest BCUT2D eigenvalue weighted by Crippen LogP contribution is -2.35. The standard InChI is InChI=1S/C23H23BrCl2FN3O4S2/c1-13-6-20(27)19(24)11-21(13)30-36(33,34)22-5-4-17(7-14(22)12-23(2,3)28)29-35(31,32)18-9-15(25)8-16(26)10-18/h4-11,29-30H,12,28H2,1-3H3. The van der Waals surface area contributed by atoms with Gasteiger partial charge in [0.1, 0.15) is 5.82 Å². The molecule has 0 aliphatic heterocycles. The van der Waals surface area contributed by atoms with Crippen molar-refractivity contribution in [2.45, 2.75) is 42.5 Å². The first kappa shape index (κ1) is 28.7. The minimum atomic E-state index is -4.15. The summed E-state index contributed by atoms with van der Waals surface area (Å²) < 4.78 is 71.2. The molecule has 36 heavy (non-hydrogen) atoms. The molecule has 0 fully saturated rings. The van der Waals surface area contributed by atoms with Crippen molar-refractivity contribution in [3.8, 4) is 0 Å². The Morgan fingerprint density at radius 3 is 2.14 bits per heavy atom. The predicted octanol–water partition coefficient (Wildman–Crippen LogP) is 6.08. The van der Waals surface area contributed by atoms with E-state index in [4.69, 9.17) is 28.9 Å². The van der Waals surface area contributed by atoms with Gasteiger partial charge in [-0.15, -0.1) is 0 Å². The van der Waals surface area contributed by atoms with Crippen LogP contribution in [0.1, 0.15) is 25.0 Å². The average molecular weight is 639 g/mol. The summed E-state index contributed by atoms with van der Waals surface area (Å²) in [4.78, 5) is -0.258. The fourth-order valence-electron chi connectivity index (χ4n) is 3.39. The van der Waals surface area contributed by atoms with Gasteiger partial charge in [-0.25, -0.2) is 21.2 Å². The fourth-order valence-corrected chi connectivity index (χ4v) is 6.85. The number of nitrogens with one attached hydrogen (secondary N) is 2. The zero-order chi connectivity index (χ0) is 27.1. The highest BCUT2D eigenvalue weighted by atomic mass is 79.9. The Kier molecular flexibility index (Phi) is 8.34. The van der Waals surface area contributed by atoms with Crippen molar-refractivity contribution in [2.24, 2.45) is 5.73 Å². The van der Waals surface area contributed by atoms with Crippen molar-refractivity contribution in [1.29, 1.82) is 0 Å². The first-order valence-electron chi connectivity index (χ1n) is 10.4. The molecule has 0 spiro atoms. The number of halogens is 4. The van der Waals surface area contributed by atoms with Gasteiger partial charge in [0.15, 0.2) is 0 Å². The third-order valence-corrected chi connectivity index (χ3v) is 8.78. The number of hydrogen-bond donors (Lipinski definition) is 3. The van der Waals surface area contributed by atoms with Crippen molar-refractivity contribution in [2.75, 3.05) is 9.44 Å². The Morgan fingerprint density at radius 1 is 0.944 bits per heavy atom. The number of aryl methyl sites for hydroxylation is 1. The van der Waals surface area contributed by atoms with Crippen LogP contribution in [-0.4, -0.2) is 22.4 Å². The largest absolute Gasteiger partial charge is 0.325 e. The van der Waals surface area contributed by atoms with E-state index in [1.54, 1.807) is 20.8 Å². The second-order valence-electron chi connectivity index (χ2n) is 8.89.